The molecule has 1 aromatic carbocycles. The maximum atomic E-state index is 12.1. The number of likely N-dealkylation sites (N-methyl/N-ethyl adjacent to an activating group) is 1. The Labute approximate surface area is 131 Å². The van der Waals surface area contributed by atoms with E-state index in [0.717, 1.165) is 55.2 Å². The third-order valence-corrected chi connectivity index (χ3v) is 4.20. The average Bonchev–Trinajstić information content (AvgIpc) is 2.52. The predicted molar refractivity (Wildman–Crippen MR) is 87.9 cm³/mol. The van der Waals surface area contributed by atoms with E-state index >= 15 is 0 Å². The third kappa shape index (κ3) is 3.89. The first-order valence-corrected chi connectivity index (χ1v) is 8.02. The molecule has 1 saturated heterocycles. The van der Waals surface area contributed by atoms with Crippen molar-refractivity contribution in [3.05, 3.63) is 28.8 Å². The number of rotatable bonds is 5. The van der Waals surface area contributed by atoms with E-state index in [1.807, 2.05) is 18.2 Å². The van der Waals surface area contributed by atoms with E-state index < -0.39 is 0 Å². The zero-order valence-corrected chi connectivity index (χ0v) is 13.5. The molecule has 1 aromatic rings. The molecule has 2 N–H and O–H groups in total. The molecule has 0 radical (unpaired) electrons. The van der Waals surface area contributed by atoms with E-state index in [-0.39, 0.29) is 11.9 Å². The number of halogens is 1. The van der Waals surface area contributed by atoms with Crippen LogP contribution in [0.3, 0.4) is 0 Å². The fourth-order valence-corrected chi connectivity index (χ4v) is 3.09. The van der Waals surface area contributed by atoms with Gasteiger partial charge in [0.15, 0.2) is 0 Å². The summed E-state index contributed by atoms with van der Waals surface area (Å²) in [6.45, 7) is 4.67. The summed E-state index contributed by atoms with van der Waals surface area (Å²) in [7, 11) is 1.70. The van der Waals surface area contributed by atoms with E-state index in [9.17, 15) is 4.79 Å². The summed E-state index contributed by atoms with van der Waals surface area (Å²) < 4.78 is 0. The van der Waals surface area contributed by atoms with Crippen molar-refractivity contribution in [3.8, 4) is 0 Å². The van der Waals surface area contributed by atoms with Crippen LogP contribution >= 0.6 is 11.6 Å². The summed E-state index contributed by atoms with van der Waals surface area (Å²) in [6, 6.07) is 5.86. The van der Waals surface area contributed by atoms with Gasteiger partial charge in [0, 0.05) is 30.8 Å². The van der Waals surface area contributed by atoms with Gasteiger partial charge in [0.1, 0.15) is 6.04 Å². The first-order chi connectivity index (χ1) is 10.2. The minimum Gasteiger partial charge on any atom is -0.359 e. The van der Waals surface area contributed by atoms with Crippen LogP contribution in [0.2, 0.25) is 5.02 Å². The summed E-state index contributed by atoms with van der Waals surface area (Å²) in [5, 5.41) is 6.87. The van der Waals surface area contributed by atoms with Gasteiger partial charge < -0.3 is 15.5 Å². The molecule has 116 valence electrons. The normalized spacial score (nSPS) is 18.6. The van der Waals surface area contributed by atoms with E-state index in [0.29, 0.717) is 0 Å². The standard InChI is InChI=1S/C16H24ClN3O/c1-3-19-11-12-10-13(17)7-8-14(12)20-9-5-4-6-15(20)16(21)18-2/h7-8,10,15,19H,3-6,9,11H2,1-2H3,(H,18,21). The largest absolute Gasteiger partial charge is 0.359 e. The van der Waals surface area contributed by atoms with E-state index in [2.05, 4.69) is 22.5 Å². The van der Waals surface area contributed by atoms with Gasteiger partial charge >= 0.3 is 0 Å². The van der Waals surface area contributed by atoms with Gasteiger partial charge in [0.2, 0.25) is 5.91 Å². The fourth-order valence-electron chi connectivity index (χ4n) is 2.89. The minimum atomic E-state index is -0.0784. The van der Waals surface area contributed by atoms with Gasteiger partial charge in [-0.05, 0) is 49.6 Å². The number of carbonyl (C=O) groups is 1. The molecule has 2 rings (SSSR count). The fraction of sp³-hybridized carbons (Fsp3) is 0.562. The van der Waals surface area contributed by atoms with Gasteiger partial charge in [-0.15, -0.1) is 0 Å². The van der Waals surface area contributed by atoms with E-state index in [4.69, 9.17) is 11.6 Å². The molecule has 1 aliphatic heterocycles. The molecule has 21 heavy (non-hydrogen) atoms. The lowest BCUT2D eigenvalue weighted by atomic mass is 9.99. The molecule has 0 spiro atoms. The van der Waals surface area contributed by atoms with Crippen LogP contribution < -0.4 is 15.5 Å². The van der Waals surface area contributed by atoms with Gasteiger partial charge in [0.05, 0.1) is 0 Å². The molecule has 0 aromatic heterocycles. The van der Waals surface area contributed by atoms with Crippen LogP contribution in [0.25, 0.3) is 0 Å². The first kappa shape index (κ1) is 16.1. The SMILES string of the molecule is CCNCc1cc(Cl)ccc1N1CCCCC1C(=O)NC. The molecule has 0 aliphatic carbocycles. The molecule has 1 aliphatic rings. The highest BCUT2D eigenvalue weighted by Gasteiger charge is 2.29. The molecule has 1 atom stereocenters. The van der Waals surface area contributed by atoms with Crippen LogP contribution in [0.4, 0.5) is 5.69 Å². The number of carbonyl (C=O) groups excluding carboxylic acids is 1. The number of nitrogens with one attached hydrogen (secondary N) is 2. The van der Waals surface area contributed by atoms with Crippen LogP contribution in [-0.4, -0.2) is 32.1 Å². The highest BCUT2D eigenvalue weighted by molar-refractivity contribution is 6.30. The summed E-state index contributed by atoms with van der Waals surface area (Å²) in [6.07, 6.45) is 3.13. The zero-order chi connectivity index (χ0) is 15.2. The highest BCUT2D eigenvalue weighted by atomic mass is 35.5. The zero-order valence-electron chi connectivity index (χ0n) is 12.8. The van der Waals surface area contributed by atoms with Crippen molar-refractivity contribution in [2.45, 2.75) is 38.8 Å². The second-order valence-corrected chi connectivity index (χ2v) is 5.81. The number of hydrogen-bond acceptors (Lipinski definition) is 3. The molecule has 5 heteroatoms. The summed E-state index contributed by atoms with van der Waals surface area (Å²) in [5.41, 5.74) is 2.27. The summed E-state index contributed by atoms with van der Waals surface area (Å²) in [4.78, 5) is 14.4. The second kappa shape index (κ2) is 7.66. The molecule has 0 bridgehead atoms. The maximum Gasteiger partial charge on any atom is 0.242 e. The lowest BCUT2D eigenvalue weighted by molar-refractivity contribution is -0.122. The summed E-state index contributed by atoms with van der Waals surface area (Å²) >= 11 is 6.14. The van der Waals surface area contributed by atoms with Crippen LogP contribution in [-0.2, 0) is 11.3 Å². The molecule has 1 amide bonds. The van der Waals surface area contributed by atoms with Crippen molar-refractivity contribution in [1.82, 2.24) is 10.6 Å². The van der Waals surface area contributed by atoms with Crippen LogP contribution in [0.1, 0.15) is 31.7 Å². The van der Waals surface area contributed by atoms with Gasteiger partial charge in [0.25, 0.3) is 0 Å². The Morgan fingerprint density at radius 1 is 1.43 bits per heavy atom. The van der Waals surface area contributed by atoms with Crippen LogP contribution in [0, 0.1) is 0 Å². The molecule has 1 heterocycles. The van der Waals surface area contributed by atoms with Gasteiger partial charge in [-0.1, -0.05) is 18.5 Å². The van der Waals surface area contributed by atoms with Gasteiger partial charge in [-0.3, -0.25) is 4.79 Å². The van der Waals surface area contributed by atoms with Crippen molar-refractivity contribution in [1.29, 1.82) is 0 Å². The Morgan fingerprint density at radius 2 is 2.24 bits per heavy atom. The third-order valence-electron chi connectivity index (χ3n) is 3.97. The average molecular weight is 310 g/mol. The molecule has 1 fully saturated rings. The first-order valence-electron chi connectivity index (χ1n) is 7.64. The van der Waals surface area contributed by atoms with Crippen molar-refractivity contribution in [3.63, 3.8) is 0 Å². The number of anilines is 1. The maximum absolute atomic E-state index is 12.1. The Hall–Kier alpha value is -1.26. The Morgan fingerprint density at radius 3 is 2.95 bits per heavy atom. The number of amides is 1. The molecule has 0 saturated carbocycles. The smallest absolute Gasteiger partial charge is 0.242 e. The Bertz CT molecular complexity index is 492. The van der Waals surface area contributed by atoms with Crippen LogP contribution in [0.15, 0.2) is 18.2 Å². The van der Waals surface area contributed by atoms with Gasteiger partial charge in [-0.25, -0.2) is 0 Å². The van der Waals surface area contributed by atoms with E-state index in [1.165, 1.54) is 0 Å². The molecule has 4 nitrogen and oxygen atoms in total. The Balaban J connectivity index is 2.30. The predicted octanol–water partition coefficient (Wildman–Crippen LogP) is 2.55. The van der Waals surface area contributed by atoms with Crippen molar-refractivity contribution in [2.24, 2.45) is 0 Å². The lowest BCUT2D eigenvalue weighted by Crippen LogP contribution is -2.49. The van der Waals surface area contributed by atoms with Crippen LogP contribution in [0.5, 0.6) is 0 Å². The number of hydrogen-bond donors (Lipinski definition) is 2. The van der Waals surface area contributed by atoms with Crippen molar-refractivity contribution in [2.75, 3.05) is 25.0 Å². The monoisotopic (exact) mass is 309 g/mol. The molecule has 1 unspecified atom stereocenters. The van der Waals surface area contributed by atoms with Crippen molar-refractivity contribution >= 4 is 23.2 Å². The molecular weight excluding hydrogens is 286 g/mol. The minimum absolute atomic E-state index is 0.0784. The van der Waals surface area contributed by atoms with Crippen molar-refractivity contribution < 1.29 is 4.79 Å². The number of piperidine rings is 1. The highest BCUT2D eigenvalue weighted by Crippen LogP contribution is 2.30. The number of benzene rings is 1. The summed E-state index contributed by atoms with van der Waals surface area (Å²) in [5.74, 6) is 0.0963. The second-order valence-electron chi connectivity index (χ2n) is 5.37. The quantitative estimate of drug-likeness (QED) is 0.878. The molecular formula is C16H24ClN3O. The van der Waals surface area contributed by atoms with E-state index in [1.54, 1.807) is 7.05 Å². The Kier molecular flexibility index (Phi) is 5.88. The van der Waals surface area contributed by atoms with Gasteiger partial charge in [-0.2, -0.15) is 0 Å². The lowest BCUT2D eigenvalue weighted by Gasteiger charge is -2.37. The topological polar surface area (TPSA) is 44.4 Å². The number of nitrogens with zero attached hydrogens (tertiary/aromatic N) is 1.